The van der Waals surface area contributed by atoms with Crippen molar-refractivity contribution in [1.29, 1.82) is 0 Å². The van der Waals surface area contributed by atoms with Crippen molar-refractivity contribution in [2.45, 2.75) is 19.0 Å². The van der Waals surface area contributed by atoms with E-state index in [4.69, 9.17) is 0 Å². The molecule has 2 fully saturated rings. The molecule has 0 atom stereocenters. The van der Waals surface area contributed by atoms with Crippen molar-refractivity contribution in [3.8, 4) is 0 Å². The zero-order chi connectivity index (χ0) is 16.1. The molecular formula is C5H8O12S4. The fourth-order valence-corrected chi connectivity index (χ4v) is 7.06. The van der Waals surface area contributed by atoms with E-state index in [1.165, 1.54) is 0 Å². The van der Waals surface area contributed by atoms with Crippen LogP contribution in [-0.4, -0.2) is 56.4 Å². The van der Waals surface area contributed by atoms with Crippen molar-refractivity contribution in [2.24, 2.45) is 0 Å². The van der Waals surface area contributed by atoms with E-state index in [0.29, 0.717) is 0 Å². The van der Waals surface area contributed by atoms with Crippen LogP contribution in [0.1, 0.15) is 6.42 Å². The molecule has 0 unspecified atom stereocenters. The summed E-state index contributed by atoms with van der Waals surface area (Å²) in [6.45, 7) is 0. The van der Waals surface area contributed by atoms with Crippen LogP contribution in [-0.2, 0) is 57.2 Å². The van der Waals surface area contributed by atoms with Gasteiger partial charge in [-0.05, 0) is 0 Å². The van der Waals surface area contributed by atoms with Gasteiger partial charge in [-0.15, -0.1) is 0 Å². The summed E-state index contributed by atoms with van der Waals surface area (Å²) in [6.07, 6.45) is -4.92. The Kier molecular flexibility index (Phi) is 4.12. The molecule has 2 rings (SSSR count). The van der Waals surface area contributed by atoms with E-state index in [0.717, 1.165) is 0 Å². The number of hydrogen-bond acceptors (Lipinski definition) is 12. The van der Waals surface area contributed by atoms with Gasteiger partial charge < -0.3 is 0 Å². The highest BCUT2D eigenvalue weighted by Gasteiger charge is 2.43. The molecular weight excluding hydrogens is 380 g/mol. The maximum absolute atomic E-state index is 11.2. The average molecular weight is 388 g/mol. The summed E-state index contributed by atoms with van der Waals surface area (Å²) in [6, 6.07) is 0. The highest BCUT2D eigenvalue weighted by atomic mass is 32.3. The molecule has 0 saturated carbocycles. The van der Waals surface area contributed by atoms with Crippen LogP contribution >= 0.6 is 0 Å². The molecule has 2 saturated heterocycles. The number of hydrogen-bond donors (Lipinski definition) is 0. The van der Waals surface area contributed by atoms with Gasteiger partial charge in [-0.1, -0.05) is 0 Å². The first-order chi connectivity index (χ1) is 9.28. The van der Waals surface area contributed by atoms with Gasteiger partial charge in [-0.2, -0.15) is 33.7 Å². The molecule has 21 heavy (non-hydrogen) atoms. The average Bonchev–Trinajstić information content (AvgIpc) is 2.04. The van der Waals surface area contributed by atoms with Gasteiger partial charge in [0.15, 0.2) is 12.6 Å². The maximum Gasteiger partial charge on any atom is 0.286 e. The lowest BCUT2D eigenvalue weighted by atomic mass is 10.4. The largest absolute Gasteiger partial charge is 0.286 e. The summed E-state index contributed by atoms with van der Waals surface area (Å²) in [7, 11) is -17.9. The monoisotopic (exact) mass is 388 g/mol. The van der Waals surface area contributed by atoms with Crippen LogP contribution in [0.4, 0.5) is 0 Å². The first-order valence-corrected chi connectivity index (χ1v) is 11.2. The highest BCUT2D eigenvalue weighted by molar-refractivity contribution is 8.04. The zero-order valence-corrected chi connectivity index (χ0v) is 13.1. The summed E-state index contributed by atoms with van der Waals surface area (Å²) in [4.78, 5) is 0. The van der Waals surface area contributed by atoms with Gasteiger partial charge in [0, 0.05) is 0 Å². The fraction of sp³-hybridized carbons (Fsp3) is 1.00. The number of rotatable bonds is 2. The third-order valence-electron chi connectivity index (χ3n) is 1.98. The van der Waals surface area contributed by atoms with Crippen molar-refractivity contribution in [2.75, 3.05) is 10.2 Å². The molecule has 0 spiro atoms. The minimum Gasteiger partial charge on any atom is -0.236 e. The van der Waals surface area contributed by atoms with E-state index < -0.39 is 69.6 Å². The van der Waals surface area contributed by atoms with Gasteiger partial charge in [0.05, 0.1) is 6.42 Å². The molecule has 0 radical (unpaired) electrons. The SMILES string of the molecule is O=S1(=O)CS(=O)(=O)OC(CC2OS(=O)(=O)CS(=O)(=O)O2)O1. The Hall–Kier alpha value is -0.360. The van der Waals surface area contributed by atoms with E-state index in [1.54, 1.807) is 0 Å². The smallest absolute Gasteiger partial charge is 0.236 e. The topological polar surface area (TPSA) is 173 Å². The van der Waals surface area contributed by atoms with Crippen LogP contribution in [0.2, 0.25) is 0 Å². The lowest BCUT2D eigenvalue weighted by Crippen LogP contribution is -2.42. The predicted molar refractivity (Wildman–Crippen MR) is 61.9 cm³/mol. The minimum atomic E-state index is -4.47. The Morgan fingerprint density at radius 2 is 0.810 bits per heavy atom. The van der Waals surface area contributed by atoms with Crippen LogP contribution in [0.3, 0.4) is 0 Å². The van der Waals surface area contributed by atoms with Crippen molar-refractivity contribution < 1.29 is 50.4 Å². The van der Waals surface area contributed by atoms with E-state index >= 15 is 0 Å². The van der Waals surface area contributed by atoms with E-state index in [-0.39, 0.29) is 0 Å². The molecule has 0 aliphatic carbocycles. The van der Waals surface area contributed by atoms with Gasteiger partial charge in [0.2, 0.25) is 10.2 Å². The van der Waals surface area contributed by atoms with Crippen LogP contribution in [0, 0.1) is 0 Å². The Morgan fingerprint density at radius 1 is 0.571 bits per heavy atom. The molecule has 16 heteroatoms. The Morgan fingerprint density at radius 3 is 1.05 bits per heavy atom. The van der Waals surface area contributed by atoms with Crippen molar-refractivity contribution in [1.82, 2.24) is 0 Å². The molecule has 0 aromatic heterocycles. The van der Waals surface area contributed by atoms with Crippen molar-refractivity contribution >= 4 is 40.5 Å². The molecule has 12 nitrogen and oxygen atoms in total. The Bertz CT molecular complexity index is 689. The van der Waals surface area contributed by atoms with Gasteiger partial charge in [-0.3, -0.25) is 0 Å². The minimum absolute atomic E-state index is 0.920. The summed E-state index contributed by atoms with van der Waals surface area (Å²) in [5.74, 6) is 0. The Balaban J connectivity index is 2.18. The Labute approximate surface area is 120 Å². The molecule has 2 aliphatic rings. The highest BCUT2D eigenvalue weighted by Crippen LogP contribution is 2.25. The fourth-order valence-electron chi connectivity index (χ4n) is 1.47. The van der Waals surface area contributed by atoms with Crippen LogP contribution in [0.5, 0.6) is 0 Å². The van der Waals surface area contributed by atoms with Crippen LogP contribution in [0.15, 0.2) is 0 Å². The lowest BCUT2D eigenvalue weighted by Gasteiger charge is -2.27. The molecule has 124 valence electrons. The molecule has 0 bridgehead atoms. The van der Waals surface area contributed by atoms with E-state index in [9.17, 15) is 33.7 Å². The third kappa shape index (κ3) is 4.81. The van der Waals surface area contributed by atoms with Gasteiger partial charge in [-0.25, -0.2) is 16.7 Å². The first kappa shape index (κ1) is 17.0. The third-order valence-corrected chi connectivity index (χ3v) is 8.63. The molecule has 0 aromatic rings. The standard InChI is InChI=1S/C5H8O12S4/c6-18(7)2-19(8,9)15-4(14-18)1-5-16-20(10,11)3-21(12,13)17-5/h4-5H,1-3H2. The second kappa shape index (κ2) is 5.08. The maximum atomic E-state index is 11.2. The second-order valence-corrected chi connectivity index (χ2v) is 11.1. The van der Waals surface area contributed by atoms with E-state index in [2.05, 4.69) is 16.7 Å². The molecule has 0 N–H and O–H groups in total. The predicted octanol–water partition coefficient (Wildman–Crippen LogP) is -2.64. The van der Waals surface area contributed by atoms with Crippen molar-refractivity contribution in [3.63, 3.8) is 0 Å². The molecule has 2 aliphatic heterocycles. The first-order valence-electron chi connectivity index (χ1n) is 4.91. The zero-order valence-electron chi connectivity index (χ0n) is 9.81. The quantitative estimate of drug-likeness (QED) is 0.450. The lowest BCUT2D eigenvalue weighted by molar-refractivity contribution is -0.0752. The summed E-state index contributed by atoms with van der Waals surface area (Å²) >= 11 is 0. The molecule has 0 amide bonds. The normalized spacial score (nSPS) is 31.6. The summed E-state index contributed by atoms with van der Waals surface area (Å²) < 4.78 is 106. The van der Waals surface area contributed by atoms with Crippen LogP contribution < -0.4 is 0 Å². The van der Waals surface area contributed by atoms with Gasteiger partial charge >= 0.3 is 0 Å². The van der Waals surface area contributed by atoms with Crippen molar-refractivity contribution in [3.05, 3.63) is 0 Å². The van der Waals surface area contributed by atoms with Gasteiger partial charge in [0.1, 0.15) is 0 Å². The summed E-state index contributed by atoms with van der Waals surface area (Å²) in [5, 5.41) is -2.83. The molecule has 0 aromatic carbocycles. The van der Waals surface area contributed by atoms with E-state index in [1.807, 2.05) is 0 Å². The second-order valence-electron chi connectivity index (χ2n) is 3.95. The molecule has 2 heterocycles. The van der Waals surface area contributed by atoms with Crippen LogP contribution in [0.25, 0.3) is 0 Å². The van der Waals surface area contributed by atoms with Gasteiger partial charge in [0.25, 0.3) is 40.5 Å². The summed E-state index contributed by atoms with van der Waals surface area (Å²) in [5.41, 5.74) is 0.